The van der Waals surface area contributed by atoms with E-state index in [1.165, 1.54) is 12.1 Å². The van der Waals surface area contributed by atoms with Crippen LogP contribution >= 0.6 is 0 Å². The number of nitriles is 1. The molecule has 1 aromatic heterocycles. The van der Waals surface area contributed by atoms with Crippen LogP contribution in [0.4, 0.5) is 29.1 Å². The van der Waals surface area contributed by atoms with Gasteiger partial charge in [0.2, 0.25) is 0 Å². The summed E-state index contributed by atoms with van der Waals surface area (Å²) in [5.74, 6) is -5.56. The number of hydrogen-bond acceptors (Lipinski definition) is 3. The highest BCUT2D eigenvalue weighted by Crippen LogP contribution is 2.23. The molecule has 2 aromatic rings. The highest BCUT2D eigenvalue weighted by molar-refractivity contribution is 5.64. The third-order valence-corrected chi connectivity index (χ3v) is 2.27. The molecule has 3 nitrogen and oxygen atoms in total. The SMILES string of the molecule is N#Cc1c(F)cccc1Nc1nc(F)c(F)cc1F. The van der Waals surface area contributed by atoms with Gasteiger partial charge >= 0.3 is 0 Å². The van der Waals surface area contributed by atoms with Crippen molar-refractivity contribution in [2.75, 3.05) is 5.32 Å². The van der Waals surface area contributed by atoms with Gasteiger partial charge in [0.25, 0.3) is 5.95 Å². The average Bonchev–Trinajstić information content (AvgIpc) is 2.36. The third-order valence-electron chi connectivity index (χ3n) is 2.27. The molecule has 19 heavy (non-hydrogen) atoms. The lowest BCUT2D eigenvalue weighted by atomic mass is 10.2. The van der Waals surface area contributed by atoms with Crippen LogP contribution < -0.4 is 5.32 Å². The number of aromatic nitrogens is 1. The first kappa shape index (κ1) is 12.8. The van der Waals surface area contributed by atoms with Crippen LogP contribution in [0.15, 0.2) is 24.3 Å². The predicted octanol–water partition coefficient (Wildman–Crippen LogP) is 3.25. The molecule has 0 aliphatic rings. The molecular weight excluding hydrogens is 262 g/mol. The average molecular weight is 267 g/mol. The van der Waals surface area contributed by atoms with Gasteiger partial charge in [-0.05, 0) is 12.1 Å². The summed E-state index contributed by atoms with van der Waals surface area (Å²) in [5, 5.41) is 11.0. The third kappa shape index (κ3) is 2.47. The van der Waals surface area contributed by atoms with E-state index in [4.69, 9.17) is 5.26 Å². The van der Waals surface area contributed by atoms with E-state index in [9.17, 15) is 17.6 Å². The molecule has 7 heteroatoms. The standard InChI is InChI=1S/C12H5F4N3/c13-7-2-1-3-10(6(7)5-17)18-12-9(15)4-8(14)11(16)19-12/h1-4H,(H,18,19). The molecule has 1 heterocycles. The summed E-state index contributed by atoms with van der Waals surface area (Å²) in [6.45, 7) is 0. The second kappa shape index (κ2) is 4.94. The number of pyridine rings is 1. The lowest BCUT2D eigenvalue weighted by Gasteiger charge is -2.08. The summed E-state index contributed by atoms with van der Waals surface area (Å²) in [6.07, 6.45) is 0. The van der Waals surface area contributed by atoms with Crippen LogP contribution in [0.5, 0.6) is 0 Å². The largest absolute Gasteiger partial charge is 0.337 e. The van der Waals surface area contributed by atoms with Crippen molar-refractivity contribution in [1.82, 2.24) is 4.98 Å². The predicted molar refractivity (Wildman–Crippen MR) is 58.5 cm³/mol. The summed E-state index contributed by atoms with van der Waals surface area (Å²) in [6, 6.07) is 5.47. The molecule has 0 radical (unpaired) electrons. The van der Waals surface area contributed by atoms with Gasteiger partial charge in [0.15, 0.2) is 17.5 Å². The molecule has 0 bridgehead atoms. The van der Waals surface area contributed by atoms with Gasteiger partial charge < -0.3 is 5.32 Å². The quantitative estimate of drug-likeness (QED) is 0.671. The number of benzene rings is 1. The Bertz CT molecular complexity index is 679. The van der Waals surface area contributed by atoms with E-state index in [-0.39, 0.29) is 11.3 Å². The van der Waals surface area contributed by atoms with Crippen LogP contribution in [0.2, 0.25) is 0 Å². The van der Waals surface area contributed by atoms with Gasteiger partial charge in [-0.25, -0.2) is 13.2 Å². The molecule has 0 saturated carbocycles. The smallest absolute Gasteiger partial charge is 0.251 e. The van der Waals surface area contributed by atoms with E-state index in [1.807, 2.05) is 0 Å². The summed E-state index contributed by atoms with van der Waals surface area (Å²) in [4.78, 5) is 3.01. The van der Waals surface area contributed by atoms with E-state index in [0.717, 1.165) is 6.07 Å². The first-order valence-corrected chi connectivity index (χ1v) is 5.00. The molecule has 0 fully saturated rings. The topological polar surface area (TPSA) is 48.7 Å². The zero-order valence-corrected chi connectivity index (χ0v) is 9.22. The number of anilines is 2. The fourth-order valence-electron chi connectivity index (χ4n) is 1.40. The Morgan fingerprint density at radius 2 is 1.79 bits per heavy atom. The van der Waals surface area contributed by atoms with Crippen molar-refractivity contribution in [2.24, 2.45) is 0 Å². The molecule has 0 aliphatic carbocycles. The molecule has 1 aromatic carbocycles. The van der Waals surface area contributed by atoms with E-state index in [0.29, 0.717) is 6.07 Å². The minimum Gasteiger partial charge on any atom is -0.337 e. The Kier molecular flexibility index (Phi) is 3.33. The summed E-state index contributed by atoms with van der Waals surface area (Å²) < 4.78 is 52.2. The molecule has 0 aliphatic heterocycles. The number of nitrogens with one attached hydrogen (secondary N) is 1. The Hall–Kier alpha value is -2.62. The van der Waals surface area contributed by atoms with Crippen LogP contribution in [-0.4, -0.2) is 4.98 Å². The maximum absolute atomic E-state index is 13.3. The van der Waals surface area contributed by atoms with Crippen LogP contribution in [0, 0.1) is 34.7 Å². The molecule has 0 atom stereocenters. The van der Waals surface area contributed by atoms with Crippen molar-refractivity contribution < 1.29 is 17.6 Å². The first-order valence-electron chi connectivity index (χ1n) is 5.00. The lowest BCUT2D eigenvalue weighted by Crippen LogP contribution is -2.03. The van der Waals surface area contributed by atoms with Crippen molar-refractivity contribution in [3.63, 3.8) is 0 Å². The van der Waals surface area contributed by atoms with Crippen molar-refractivity contribution in [1.29, 1.82) is 5.26 Å². The van der Waals surface area contributed by atoms with Crippen molar-refractivity contribution in [3.05, 3.63) is 53.2 Å². The highest BCUT2D eigenvalue weighted by atomic mass is 19.2. The molecule has 96 valence electrons. The second-order valence-corrected chi connectivity index (χ2v) is 3.49. The summed E-state index contributed by atoms with van der Waals surface area (Å²) in [5.41, 5.74) is -0.478. The molecule has 0 spiro atoms. The molecular formula is C12H5F4N3. The van der Waals surface area contributed by atoms with Gasteiger partial charge in [0.1, 0.15) is 17.4 Å². The van der Waals surface area contributed by atoms with Gasteiger partial charge in [0.05, 0.1) is 5.69 Å². The minimum atomic E-state index is -1.50. The van der Waals surface area contributed by atoms with Crippen LogP contribution in [0.3, 0.4) is 0 Å². The van der Waals surface area contributed by atoms with E-state index >= 15 is 0 Å². The lowest BCUT2D eigenvalue weighted by molar-refractivity contribution is 0.467. The van der Waals surface area contributed by atoms with E-state index < -0.39 is 29.2 Å². The van der Waals surface area contributed by atoms with Crippen molar-refractivity contribution in [2.45, 2.75) is 0 Å². The summed E-state index contributed by atoms with van der Waals surface area (Å²) in [7, 11) is 0. The van der Waals surface area contributed by atoms with Crippen molar-refractivity contribution >= 4 is 11.5 Å². The number of rotatable bonds is 2. The number of hydrogen-bond donors (Lipinski definition) is 1. The van der Waals surface area contributed by atoms with Crippen LogP contribution in [0.1, 0.15) is 5.56 Å². The molecule has 1 N–H and O–H groups in total. The molecule has 2 rings (SSSR count). The zero-order valence-electron chi connectivity index (χ0n) is 9.22. The summed E-state index contributed by atoms with van der Waals surface area (Å²) >= 11 is 0. The Morgan fingerprint density at radius 3 is 2.47 bits per heavy atom. The van der Waals surface area contributed by atoms with Gasteiger partial charge in [-0.3, -0.25) is 0 Å². The minimum absolute atomic E-state index is 0.0973. The monoisotopic (exact) mass is 267 g/mol. The normalized spacial score (nSPS) is 10.1. The molecule has 0 amide bonds. The Morgan fingerprint density at radius 1 is 1.05 bits per heavy atom. The highest BCUT2D eigenvalue weighted by Gasteiger charge is 2.14. The molecule has 0 unspecified atom stereocenters. The number of nitrogens with zero attached hydrogens (tertiary/aromatic N) is 2. The van der Waals surface area contributed by atoms with E-state index in [2.05, 4.69) is 10.3 Å². The second-order valence-electron chi connectivity index (χ2n) is 3.49. The Balaban J connectivity index is 2.45. The van der Waals surface area contributed by atoms with Gasteiger partial charge in [-0.15, -0.1) is 0 Å². The maximum Gasteiger partial charge on any atom is 0.251 e. The molecule has 0 saturated heterocycles. The fraction of sp³-hybridized carbons (Fsp3) is 0. The maximum atomic E-state index is 13.3. The zero-order chi connectivity index (χ0) is 14.0. The van der Waals surface area contributed by atoms with Crippen LogP contribution in [-0.2, 0) is 0 Å². The van der Waals surface area contributed by atoms with E-state index in [1.54, 1.807) is 6.07 Å². The number of halogens is 4. The Labute approximate surface area is 105 Å². The fourth-order valence-corrected chi connectivity index (χ4v) is 1.40. The van der Waals surface area contributed by atoms with Gasteiger partial charge in [0, 0.05) is 6.07 Å². The first-order chi connectivity index (χ1) is 9.02. The van der Waals surface area contributed by atoms with Gasteiger partial charge in [-0.2, -0.15) is 14.6 Å². The van der Waals surface area contributed by atoms with Crippen LogP contribution in [0.25, 0.3) is 0 Å². The van der Waals surface area contributed by atoms with Crippen molar-refractivity contribution in [3.8, 4) is 6.07 Å². The van der Waals surface area contributed by atoms with Gasteiger partial charge in [-0.1, -0.05) is 6.07 Å².